The standard InChI is InChI=1S/C64H42N2O.C58H38N2O/c1-3-13-43(14-4-1)44-23-25-45(26-24-44)46-27-29-47(30-28-46)48-31-36-53(37-32-48)65(61-42-51-15-7-8-18-55(51)63-57-20-10-12-22-62(57)67-64(61)63)54-38-33-49(34-39-54)50-35-40-60-58(41-50)56-19-9-11-21-59(56)66(60)52-16-5-2-6-17-52;1-2-12-39(13-3-1)40-22-24-41(25-23-40)42-26-28-43(29-27-42)44-30-32-46(33-31-44)59(55-38-45-14-4-5-15-49(45)57-52-18-8-11-21-56(52)61-58(55)57)47-34-36-48(37-35-47)60-53-19-9-6-16-50(53)51-17-7-10-20-54(51)60/h1-42H;1-38H. The summed E-state index contributed by atoms with van der Waals surface area (Å²) in [5.74, 6) is 0. The van der Waals surface area contributed by atoms with Crippen molar-refractivity contribution >= 4 is 143 Å². The van der Waals surface area contributed by atoms with Crippen LogP contribution in [0.15, 0.2) is 494 Å². The number of nitrogens with zero attached hydrogens (tertiary/aromatic N) is 4. The van der Waals surface area contributed by atoms with E-state index in [0.29, 0.717) is 0 Å². The Bertz CT molecular complexity index is 8420. The van der Waals surface area contributed by atoms with E-state index in [0.717, 1.165) is 117 Å². The van der Waals surface area contributed by atoms with Gasteiger partial charge in [0.1, 0.15) is 11.2 Å². The third kappa shape index (κ3) is 13.3. The summed E-state index contributed by atoms with van der Waals surface area (Å²) in [6.45, 7) is 0. The zero-order valence-electron chi connectivity index (χ0n) is 69.8. The molecule has 0 aliphatic heterocycles. The highest BCUT2D eigenvalue weighted by atomic mass is 16.3. The number of furan rings is 2. The molecule has 25 rings (SSSR count). The molecular weight excluding hydrogens is 1550 g/mol. The Labute approximate surface area is 740 Å². The van der Waals surface area contributed by atoms with Crippen molar-refractivity contribution in [1.82, 2.24) is 9.13 Å². The molecule has 0 bridgehead atoms. The van der Waals surface area contributed by atoms with Gasteiger partial charge in [-0.1, -0.05) is 358 Å². The molecule has 6 heteroatoms. The van der Waals surface area contributed by atoms with Crippen LogP contribution in [0.5, 0.6) is 0 Å². The molecule has 0 saturated heterocycles. The summed E-state index contributed by atoms with van der Waals surface area (Å²) in [5.41, 5.74) is 33.3. The van der Waals surface area contributed by atoms with Gasteiger partial charge in [0, 0.05) is 77.2 Å². The molecule has 6 nitrogen and oxygen atoms in total. The van der Waals surface area contributed by atoms with Crippen LogP contribution in [-0.2, 0) is 0 Å². The van der Waals surface area contributed by atoms with Crippen LogP contribution in [0, 0.1) is 0 Å². The second-order valence-corrected chi connectivity index (χ2v) is 33.0. The first-order valence-electron chi connectivity index (χ1n) is 43.7. The predicted molar refractivity (Wildman–Crippen MR) is 539 cm³/mol. The van der Waals surface area contributed by atoms with Crippen LogP contribution in [0.3, 0.4) is 0 Å². The molecule has 600 valence electrons. The van der Waals surface area contributed by atoms with Gasteiger partial charge < -0.3 is 27.8 Å². The Kier molecular flexibility index (Phi) is 18.5. The van der Waals surface area contributed by atoms with Crippen LogP contribution in [-0.4, -0.2) is 9.13 Å². The summed E-state index contributed by atoms with van der Waals surface area (Å²) in [6.07, 6.45) is 0. The average Bonchev–Trinajstić information content (AvgIpc) is 1.57. The maximum absolute atomic E-state index is 6.84. The second kappa shape index (κ2) is 31.7. The van der Waals surface area contributed by atoms with Crippen molar-refractivity contribution in [3.8, 4) is 89.3 Å². The quantitative estimate of drug-likeness (QED) is 0.103. The summed E-state index contributed by atoms with van der Waals surface area (Å²) in [4.78, 5) is 4.70. The zero-order valence-corrected chi connectivity index (χ0v) is 69.8. The zero-order chi connectivity index (χ0) is 84.5. The maximum atomic E-state index is 6.84. The first kappa shape index (κ1) is 74.7. The average molecular weight is 1630 g/mol. The fourth-order valence-corrected chi connectivity index (χ4v) is 19.3. The van der Waals surface area contributed by atoms with Gasteiger partial charge >= 0.3 is 0 Å². The van der Waals surface area contributed by atoms with Crippen LogP contribution in [0.25, 0.3) is 198 Å². The molecule has 0 radical (unpaired) electrons. The SMILES string of the molecule is c1ccc(-c2ccc(-c3ccc(-c4ccc(N(c5ccc(-c6ccc7c(c6)c6ccccc6n7-c6ccccc6)cc5)c5cc6ccccc6c6c5oc5ccccc56)cc4)cc3)cc2)cc1.c1ccc(-c2ccc(-c3ccc(-c4ccc(N(c5ccc(-n6c7ccccc7c7ccccc76)cc5)c5cc6ccccc6c6c5oc5ccccc56)cc4)cc3)cc2)cc1. The van der Waals surface area contributed by atoms with Gasteiger partial charge in [-0.05, 0) is 227 Å². The molecule has 0 amide bonds. The molecule has 4 aromatic heterocycles. The minimum absolute atomic E-state index is 0.862. The van der Waals surface area contributed by atoms with Crippen molar-refractivity contribution in [2.75, 3.05) is 9.80 Å². The molecule has 0 saturated carbocycles. The van der Waals surface area contributed by atoms with E-state index < -0.39 is 0 Å². The normalized spacial score (nSPS) is 11.6. The van der Waals surface area contributed by atoms with E-state index in [1.54, 1.807) is 0 Å². The van der Waals surface area contributed by atoms with Gasteiger partial charge in [-0.25, -0.2) is 0 Å². The Hall–Kier alpha value is -17.1. The maximum Gasteiger partial charge on any atom is 0.160 e. The minimum Gasteiger partial charge on any atom is -0.454 e. The Balaban J connectivity index is 0.000000143. The largest absolute Gasteiger partial charge is 0.454 e. The van der Waals surface area contributed by atoms with E-state index >= 15 is 0 Å². The van der Waals surface area contributed by atoms with Gasteiger partial charge in [-0.15, -0.1) is 0 Å². The van der Waals surface area contributed by atoms with E-state index in [1.165, 1.54) is 116 Å². The van der Waals surface area contributed by atoms with E-state index in [-0.39, 0.29) is 0 Å². The fraction of sp³-hybridized carbons (Fsp3) is 0. The Morgan fingerprint density at radius 3 is 0.766 bits per heavy atom. The fourth-order valence-electron chi connectivity index (χ4n) is 19.3. The monoisotopic (exact) mass is 1630 g/mol. The molecule has 0 fully saturated rings. The van der Waals surface area contributed by atoms with Gasteiger partial charge in [0.05, 0.1) is 33.4 Å². The number of rotatable bonds is 15. The first-order chi connectivity index (χ1) is 63.5. The van der Waals surface area contributed by atoms with Gasteiger partial charge in [-0.3, -0.25) is 0 Å². The van der Waals surface area contributed by atoms with Gasteiger partial charge in [-0.2, -0.15) is 0 Å². The van der Waals surface area contributed by atoms with Crippen molar-refractivity contribution in [2.24, 2.45) is 0 Å². The molecular formula is C122H80N4O2. The molecule has 128 heavy (non-hydrogen) atoms. The summed E-state index contributed by atoms with van der Waals surface area (Å²) < 4.78 is 18.4. The topological polar surface area (TPSA) is 42.6 Å². The summed E-state index contributed by atoms with van der Waals surface area (Å²) in [5, 5.41) is 14.1. The molecule has 0 unspecified atom stereocenters. The highest BCUT2D eigenvalue weighted by molar-refractivity contribution is 6.25. The van der Waals surface area contributed by atoms with E-state index in [2.05, 4.69) is 492 Å². The van der Waals surface area contributed by atoms with Gasteiger partial charge in [0.25, 0.3) is 0 Å². The van der Waals surface area contributed by atoms with Crippen LogP contribution >= 0.6 is 0 Å². The lowest BCUT2D eigenvalue weighted by Crippen LogP contribution is -2.10. The Morgan fingerprint density at radius 2 is 0.406 bits per heavy atom. The highest BCUT2D eigenvalue weighted by Gasteiger charge is 2.26. The lowest BCUT2D eigenvalue weighted by molar-refractivity contribution is 0.669. The van der Waals surface area contributed by atoms with Crippen LogP contribution < -0.4 is 9.80 Å². The second-order valence-electron chi connectivity index (χ2n) is 33.0. The number of benzene rings is 21. The number of hydrogen-bond donors (Lipinski definition) is 0. The van der Waals surface area contributed by atoms with E-state index in [4.69, 9.17) is 8.83 Å². The molecule has 0 aliphatic carbocycles. The first-order valence-corrected chi connectivity index (χ1v) is 43.7. The molecule has 25 aromatic rings. The highest BCUT2D eigenvalue weighted by Crippen LogP contribution is 2.50. The molecule has 4 heterocycles. The van der Waals surface area contributed by atoms with Crippen LogP contribution in [0.4, 0.5) is 34.1 Å². The summed E-state index contributed by atoms with van der Waals surface area (Å²) in [7, 11) is 0. The van der Waals surface area contributed by atoms with E-state index in [9.17, 15) is 0 Å². The summed E-state index contributed by atoms with van der Waals surface area (Å²) in [6, 6.07) is 174. The third-order valence-electron chi connectivity index (χ3n) is 25.6. The molecule has 0 spiro atoms. The molecule has 21 aromatic carbocycles. The molecule has 0 aliphatic rings. The number of aromatic nitrogens is 2. The van der Waals surface area contributed by atoms with Gasteiger partial charge in [0.15, 0.2) is 11.2 Å². The number of fused-ring (bicyclic) bond motifs is 16. The van der Waals surface area contributed by atoms with E-state index in [1.807, 2.05) is 12.1 Å². The number of para-hydroxylation sites is 6. The van der Waals surface area contributed by atoms with Crippen molar-refractivity contribution in [1.29, 1.82) is 0 Å². The molecule has 0 atom stereocenters. The third-order valence-corrected chi connectivity index (χ3v) is 25.6. The van der Waals surface area contributed by atoms with Crippen molar-refractivity contribution in [2.45, 2.75) is 0 Å². The smallest absolute Gasteiger partial charge is 0.160 e. The lowest BCUT2D eigenvalue weighted by Gasteiger charge is -2.26. The van der Waals surface area contributed by atoms with Crippen molar-refractivity contribution in [3.63, 3.8) is 0 Å². The van der Waals surface area contributed by atoms with Crippen molar-refractivity contribution in [3.05, 3.63) is 485 Å². The number of hydrogen-bond acceptors (Lipinski definition) is 4. The van der Waals surface area contributed by atoms with Gasteiger partial charge in [0.2, 0.25) is 0 Å². The molecule has 0 N–H and O–H groups in total. The van der Waals surface area contributed by atoms with Crippen LogP contribution in [0.2, 0.25) is 0 Å². The Morgan fingerprint density at radius 1 is 0.164 bits per heavy atom. The summed E-state index contributed by atoms with van der Waals surface area (Å²) >= 11 is 0. The van der Waals surface area contributed by atoms with Crippen LogP contribution in [0.1, 0.15) is 0 Å². The predicted octanol–water partition coefficient (Wildman–Crippen LogP) is 34.3. The lowest BCUT2D eigenvalue weighted by atomic mass is 9.98. The number of anilines is 6. The van der Waals surface area contributed by atoms with Crippen molar-refractivity contribution < 1.29 is 8.83 Å². The minimum atomic E-state index is 0.862.